The van der Waals surface area contributed by atoms with Gasteiger partial charge in [-0.05, 0) is 36.8 Å². The van der Waals surface area contributed by atoms with Gasteiger partial charge in [-0.25, -0.2) is 21.8 Å². The molecule has 3 aromatic rings. The van der Waals surface area contributed by atoms with E-state index in [1.807, 2.05) is 0 Å². The summed E-state index contributed by atoms with van der Waals surface area (Å²) in [7, 11) is -7.09. The molecule has 0 atom stereocenters. The lowest BCUT2D eigenvalue weighted by molar-refractivity contribution is 0.594. The van der Waals surface area contributed by atoms with Gasteiger partial charge >= 0.3 is 0 Å². The Hall–Kier alpha value is -1.97. The van der Waals surface area contributed by atoms with Gasteiger partial charge in [-0.1, -0.05) is 25.1 Å². The largest absolute Gasteiger partial charge is 0.280 e. The SMILES string of the molecule is CCCS(=O)(=O)c1nc2ccc(NS(=O)(=O)c3ccccc3)cc2s1. The van der Waals surface area contributed by atoms with E-state index in [0.717, 1.165) is 11.3 Å². The fourth-order valence-electron chi connectivity index (χ4n) is 2.27. The lowest BCUT2D eigenvalue weighted by Gasteiger charge is -2.07. The molecule has 0 saturated heterocycles. The van der Waals surface area contributed by atoms with Crippen LogP contribution in [-0.2, 0) is 19.9 Å². The Morgan fingerprint density at radius 2 is 1.76 bits per heavy atom. The molecule has 0 fully saturated rings. The van der Waals surface area contributed by atoms with Gasteiger partial charge in [-0.2, -0.15) is 0 Å². The minimum Gasteiger partial charge on any atom is -0.280 e. The summed E-state index contributed by atoms with van der Waals surface area (Å²) in [5, 5.41) is 0. The van der Waals surface area contributed by atoms with E-state index in [9.17, 15) is 16.8 Å². The second kappa shape index (κ2) is 6.74. The molecule has 6 nitrogen and oxygen atoms in total. The van der Waals surface area contributed by atoms with Crippen molar-refractivity contribution >= 4 is 47.1 Å². The van der Waals surface area contributed by atoms with E-state index < -0.39 is 19.9 Å². The fourth-order valence-corrected chi connectivity index (χ4v) is 6.05. The van der Waals surface area contributed by atoms with Crippen molar-refractivity contribution < 1.29 is 16.8 Å². The van der Waals surface area contributed by atoms with Gasteiger partial charge < -0.3 is 0 Å². The van der Waals surface area contributed by atoms with Crippen LogP contribution in [0.1, 0.15) is 13.3 Å². The number of nitrogens with one attached hydrogen (secondary N) is 1. The highest BCUT2D eigenvalue weighted by Crippen LogP contribution is 2.29. The van der Waals surface area contributed by atoms with Crippen LogP contribution >= 0.6 is 11.3 Å². The molecule has 25 heavy (non-hydrogen) atoms. The predicted octanol–water partition coefficient (Wildman–Crippen LogP) is 3.28. The molecule has 1 heterocycles. The Morgan fingerprint density at radius 1 is 1.04 bits per heavy atom. The number of fused-ring (bicyclic) bond motifs is 1. The first kappa shape index (κ1) is 17.8. The minimum atomic E-state index is -3.70. The Bertz CT molecular complexity index is 1100. The molecule has 0 radical (unpaired) electrons. The summed E-state index contributed by atoms with van der Waals surface area (Å²) in [5.41, 5.74) is 0.891. The standard InChI is InChI=1S/C16H16N2O4S3/c1-2-10-24(19,20)16-17-14-9-8-12(11-15(14)23-16)18-25(21,22)13-6-4-3-5-7-13/h3-9,11,18H,2,10H2,1H3. The van der Waals surface area contributed by atoms with E-state index in [-0.39, 0.29) is 15.0 Å². The summed E-state index contributed by atoms with van der Waals surface area (Å²) in [6, 6.07) is 12.8. The number of rotatable bonds is 6. The van der Waals surface area contributed by atoms with Crippen molar-refractivity contribution in [3.05, 3.63) is 48.5 Å². The van der Waals surface area contributed by atoms with E-state index in [4.69, 9.17) is 0 Å². The zero-order chi connectivity index (χ0) is 18.1. The maximum absolute atomic E-state index is 12.4. The molecule has 0 bridgehead atoms. The monoisotopic (exact) mass is 396 g/mol. The maximum Gasteiger partial charge on any atom is 0.261 e. The summed E-state index contributed by atoms with van der Waals surface area (Å²) in [6.07, 6.45) is 0.514. The van der Waals surface area contributed by atoms with Crippen LogP contribution in [-0.4, -0.2) is 27.6 Å². The molecule has 3 rings (SSSR count). The predicted molar refractivity (Wildman–Crippen MR) is 99.2 cm³/mol. The molecule has 0 unspecified atom stereocenters. The van der Waals surface area contributed by atoms with Crippen molar-refractivity contribution in [3.8, 4) is 0 Å². The van der Waals surface area contributed by atoms with Crippen LogP contribution in [0.4, 0.5) is 5.69 Å². The number of sulfone groups is 1. The van der Waals surface area contributed by atoms with Crippen molar-refractivity contribution in [2.45, 2.75) is 22.6 Å². The molecule has 1 N–H and O–H groups in total. The first-order valence-electron chi connectivity index (χ1n) is 7.53. The van der Waals surface area contributed by atoms with E-state index >= 15 is 0 Å². The average Bonchev–Trinajstić information content (AvgIpc) is 2.99. The zero-order valence-corrected chi connectivity index (χ0v) is 15.8. The van der Waals surface area contributed by atoms with Crippen LogP contribution in [0, 0.1) is 0 Å². The number of thiazole rings is 1. The van der Waals surface area contributed by atoms with Gasteiger partial charge in [0.1, 0.15) is 0 Å². The highest BCUT2D eigenvalue weighted by atomic mass is 32.2. The van der Waals surface area contributed by atoms with E-state index in [0.29, 0.717) is 22.3 Å². The number of nitrogens with zero attached hydrogens (tertiary/aromatic N) is 1. The number of hydrogen-bond donors (Lipinski definition) is 1. The fraction of sp³-hybridized carbons (Fsp3) is 0.188. The van der Waals surface area contributed by atoms with E-state index in [1.54, 1.807) is 43.3 Å². The molecule has 2 aromatic carbocycles. The molecular weight excluding hydrogens is 380 g/mol. The van der Waals surface area contributed by atoms with Gasteiger partial charge in [-0.3, -0.25) is 4.72 Å². The van der Waals surface area contributed by atoms with Crippen LogP contribution in [0.15, 0.2) is 57.8 Å². The second-order valence-electron chi connectivity index (χ2n) is 5.40. The lowest BCUT2D eigenvalue weighted by atomic mass is 10.3. The number of benzene rings is 2. The number of aromatic nitrogens is 1. The quantitative estimate of drug-likeness (QED) is 0.690. The van der Waals surface area contributed by atoms with Gasteiger partial charge in [-0.15, -0.1) is 11.3 Å². The average molecular weight is 397 g/mol. The van der Waals surface area contributed by atoms with Crippen molar-refractivity contribution in [2.75, 3.05) is 10.5 Å². The van der Waals surface area contributed by atoms with Gasteiger partial charge in [0.2, 0.25) is 14.2 Å². The molecule has 132 valence electrons. The lowest BCUT2D eigenvalue weighted by Crippen LogP contribution is -2.12. The summed E-state index contributed by atoms with van der Waals surface area (Å²) in [4.78, 5) is 4.31. The van der Waals surface area contributed by atoms with Crippen LogP contribution < -0.4 is 4.72 Å². The molecule has 1 aromatic heterocycles. The third-order valence-electron chi connectivity index (χ3n) is 3.41. The summed E-state index contributed by atoms with van der Waals surface area (Å²) in [6.45, 7) is 1.79. The van der Waals surface area contributed by atoms with Crippen molar-refractivity contribution in [1.29, 1.82) is 0 Å². The molecule has 0 aliphatic heterocycles. The topological polar surface area (TPSA) is 93.2 Å². The molecule has 0 aliphatic carbocycles. The highest BCUT2D eigenvalue weighted by Gasteiger charge is 2.19. The van der Waals surface area contributed by atoms with Gasteiger partial charge in [0, 0.05) is 0 Å². The van der Waals surface area contributed by atoms with Crippen LogP contribution in [0.3, 0.4) is 0 Å². The summed E-state index contributed by atoms with van der Waals surface area (Å²) >= 11 is 1.05. The van der Waals surface area contributed by atoms with Gasteiger partial charge in [0.05, 0.1) is 26.6 Å². The molecule has 0 amide bonds. The zero-order valence-electron chi connectivity index (χ0n) is 13.3. The summed E-state index contributed by atoms with van der Waals surface area (Å²) < 4.78 is 52.2. The molecule has 0 spiro atoms. The number of anilines is 1. The first-order chi connectivity index (χ1) is 11.8. The molecule has 9 heteroatoms. The van der Waals surface area contributed by atoms with Crippen LogP contribution in [0.5, 0.6) is 0 Å². The number of sulfonamides is 1. The van der Waals surface area contributed by atoms with Crippen molar-refractivity contribution in [2.24, 2.45) is 0 Å². The van der Waals surface area contributed by atoms with E-state index in [2.05, 4.69) is 9.71 Å². The van der Waals surface area contributed by atoms with Crippen molar-refractivity contribution in [3.63, 3.8) is 0 Å². The van der Waals surface area contributed by atoms with Gasteiger partial charge in [0.25, 0.3) is 10.0 Å². The van der Waals surface area contributed by atoms with Crippen LogP contribution in [0.25, 0.3) is 10.2 Å². The van der Waals surface area contributed by atoms with Gasteiger partial charge in [0.15, 0.2) is 0 Å². The third-order valence-corrected chi connectivity index (χ3v) is 8.20. The molecular formula is C16H16N2O4S3. The second-order valence-corrected chi connectivity index (χ2v) is 10.4. The molecule has 0 saturated carbocycles. The van der Waals surface area contributed by atoms with Crippen molar-refractivity contribution in [1.82, 2.24) is 4.98 Å². The minimum absolute atomic E-state index is 0.0420. The maximum atomic E-state index is 12.4. The third kappa shape index (κ3) is 3.83. The Morgan fingerprint density at radius 3 is 2.44 bits per heavy atom. The normalized spacial score (nSPS) is 12.4. The van der Waals surface area contributed by atoms with E-state index in [1.165, 1.54) is 12.1 Å². The summed E-state index contributed by atoms with van der Waals surface area (Å²) in [5.74, 6) is 0.0420. The first-order valence-corrected chi connectivity index (χ1v) is 11.5. The Kier molecular flexibility index (Phi) is 4.81. The highest BCUT2D eigenvalue weighted by molar-refractivity contribution is 7.93. The Labute approximate surface area is 150 Å². The number of hydrogen-bond acceptors (Lipinski definition) is 6. The Balaban J connectivity index is 1.94. The molecule has 0 aliphatic rings. The smallest absolute Gasteiger partial charge is 0.261 e. The van der Waals surface area contributed by atoms with Crippen LogP contribution in [0.2, 0.25) is 0 Å².